The highest BCUT2D eigenvalue weighted by atomic mass is 32.1. The molecule has 2 aliphatic rings. The van der Waals surface area contributed by atoms with Crippen LogP contribution in [0.1, 0.15) is 61.8 Å². The summed E-state index contributed by atoms with van der Waals surface area (Å²) >= 11 is 1.81. The third kappa shape index (κ3) is 4.01. The number of hydrogen-bond donors (Lipinski definition) is 1. The molecule has 1 saturated heterocycles. The zero-order chi connectivity index (χ0) is 23.2. The summed E-state index contributed by atoms with van der Waals surface area (Å²) in [4.78, 5) is 13.2. The molecule has 0 aromatic carbocycles. The van der Waals surface area contributed by atoms with Crippen molar-refractivity contribution in [3.63, 3.8) is 0 Å². The maximum absolute atomic E-state index is 5.57. The van der Waals surface area contributed by atoms with E-state index in [9.17, 15) is 0 Å². The fourth-order valence-electron chi connectivity index (χ4n) is 5.13. The maximum atomic E-state index is 5.57. The molecule has 0 unspecified atom stereocenters. The largest absolute Gasteiger partial charge is 0.493 e. The smallest absolute Gasteiger partial charge is 0.197 e. The summed E-state index contributed by atoms with van der Waals surface area (Å²) in [5, 5.41) is 13.3. The minimum absolute atomic E-state index is 0.277. The molecule has 0 radical (unpaired) electrons. The lowest BCUT2D eigenvalue weighted by molar-refractivity contribution is 0.205. The first-order valence-corrected chi connectivity index (χ1v) is 13.1. The van der Waals surface area contributed by atoms with Crippen LogP contribution in [0.5, 0.6) is 5.75 Å². The lowest BCUT2D eigenvalue weighted by Crippen LogP contribution is -2.34. The molecule has 8 nitrogen and oxygen atoms in total. The number of methoxy groups -OCH3 is 1. The first-order chi connectivity index (χ1) is 16.6. The third-order valence-corrected chi connectivity index (χ3v) is 8.33. The Kier molecular flexibility index (Phi) is 5.61. The van der Waals surface area contributed by atoms with E-state index in [1.54, 1.807) is 11.6 Å². The van der Waals surface area contributed by atoms with Gasteiger partial charge in [-0.3, -0.25) is 5.10 Å². The van der Waals surface area contributed by atoms with Crippen LogP contribution < -0.4 is 4.74 Å². The van der Waals surface area contributed by atoms with Crippen molar-refractivity contribution in [3.8, 4) is 27.7 Å². The van der Waals surface area contributed by atoms with Crippen molar-refractivity contribution in [1.82, 2.24) is 34.7 Å². The Morgan fingerprint density at radius 2 is 2.00 bits per heavy atom. The summed E-state index contributed by atoms with van der Waals surface area (Å²) < 4.78 is 7.32. The van der Waals surface area contributed by atoms with E-state index in [2.05, 4.69) is 40.1 Å². The summed E-state index contributed by atoms with van der Waals surface area (Å²) in [6, 6.07) is 2.00. The Balaban J connectivity index is 1.28. The van der Waals surface area contributed by atoms with E-state index in [-0.39, 0.29) is 5.92 Å². The van der Waals surface area contributed by atoms with Crippen LogP contribution in [0.3, 0.4) is 0 Å². The quantitative estimate of drug-likeness (QED) is 0.405. The van der Waals surface area contributed by atoms with Gasteiger partial charge >= 0.3 is 0 Å². The predicted molar refractivity (Wildman–Crippen MR) is 133 cm³/mol. The number of hydrogen-bond acceptors (Lipinski definition) is 7. The van der Waals surface area contributed by atoms with Crippen LogP contribution in [0.2, 0.25) is 0 Å². The van der Waals surface area contributed by atoms with Gasteiger partial charge in [-0.15, -0.1) is 11.3 Å². The molecule has 0 bridgehead atoms. The molecule has 1 aliphatic carbocycles. The number of piperidine rings is 1. The van der Waals surface area contributed by atoms with Crippen molar-refractivity contribution in [1.29, 1.82) is 0 Å². The van der Waals surface area contributed by atoms with Gasteiger partial charge in [0.15, 0.2) is 11.4 Å². The van der Waals surface area contributed by atoms with Crippen molar-refractivity contribution in [2.75, 3.05) is 26.7 Å². The minimum atomic E-state index is 0.277. The second-order valence-electron chi connectivity index (χ2n) is 9.93. The molecule has 4 aromatic rings. The molecule has 1 saturated carbocycles. The molecular weight excluding hydrogens is 446 g/mol. The molecule has 5 heterocycles. The number of pyridine rings is 1. The number of H-pyrrole nitrogens is 1. The highest BCUT2D eigenvalue weighted by molar-refractivity contribution is 7.15. The van der Waals surface area contributed by atoms with Crippen LogP contribution in [0, 0.1) is 5.92 Å². The molecule has 6 rings (SSSR count). The van der Waals surface area contributed by atoms with Gasteiger partial charge in [0.2, 0.25) is 0 Å². The first-order valence-electron chi connectivity index (χ1n) is 12.2. The molecule has 0 atom stereocenters. The number of rotatable bonds is 7. The molecule has 34 heavy (non-hydrogen) atoms. The number of nitrogens with one attached hydrogen (secondary N) is 1. The van der Waals surface area contributed by atoms with Crippen molar-refractivity contribution in [3.05, 3.63) is 35.2 Å². The van der Waals surface area contributed by atoms with E-state index in [1.165, 1.54) is 62.1 Å². The molecule has 0 amide bonds. The lowest BCUT2D eigenvalue weighted by Gasteiger charge is -2.31. The second-order valence-corrected chi connectivity index (χ2v) is 11.0. The van der Waals surface area contributed by atoms with Crippen molar-refractivity contribution in [2.45, 2.75) is 51.4 Å². The summed E-state index contributed by atoms with van der Waals surface area (Å²) in [6.07, 6.45) is 10.9. The normalized spacial score (nSPS) is 17.8. The van der Waals surface area contributed by atoms with Gasteiger partial charge < -0.3 is 9.64 Å². The van der Waals surface area contributed by atoms with E-state index >= 15 is 0 Å². The monoisotopic (exact) mass is 477 g/mol. The summed E-state index contributed by atoms with van der Waals surface area (Å²) in [5.74, 6) is 2.55. The van der Waals surface area contributed by atoms with Crippen LogP contribution in [0.25, 0.3) is 27.6 Å². The highest BCUT2D eigenvalue weighted by Gasteiger charge is 2.29. The van der Waals surface area contributed by atoms with Gasteiger partial charge in [0.1, 0.15) is 17.0 Å². The van der Waals surface area contributed by atoms with Gasteiger partial charge in [0.05, 0.1) is 12.8 Å². The second kappa shape index (κ2) is 8.78. The molecule has 1 N–H and O–H groups in total. The van der Waals surface area contributed by atoms with Crippen LogP contribution in [-0.4, -0.2) is 61.4 Å². The van der Waals surface area contributed by atoms with Gasteiger partial charge in [-0.25, -0.2) is 14.5 Å². The first kappa shape index (κ1) is 21.7. The SMILES string of the molecule is COc1cc(-c2[nH]nc(-c3ncc(C4CCN(CC5CC5)CC4)s3)c2C(C)C)cn2ncnc12. The zero-order valence-electron chi connectivity index (χ0n) is 20.0. The Hall–Kier alpha value is -2.78. The number of fused-ring (bicyclic) bond motifs is 1. The standard InChI is InChI=1S/C25H31N7OS/c1-15(2)21-22(18-10-19(33-3)24-27-14-28-32(24)13-18)29-30-23(21)25-26-11-20(34-25)17-6-8-31(9-7-17)12-16-4-5-16/h10-11,13-17H,4-9,12H2,1-3H3,(H,29,30). The predicted octanol–water partition coefficient (Wildman–Crippen LogP) is 4.96. The molecular formula is C25H31N7OS. The van der Waals surface area contributed by atoms with E-state index < -0.39 is 0 Å². The van der Waals surface area contributed by atoms with Crippen molar-refractivity contribution in [2.24, 2.45) is 5.92 Å². The number of thiazole rings is 1. The minimum Gasteiger partial charge on any atom is -0.493 e. The van der Waals surface area contributed by atoms with Crippen LogP contribution in [0.4, 0.5) is 0 Å². The Bertz CT molecular complexity index is 1290. The zero-order valence-corrected chi connectivity index (χ0v) is 20.8. The summed E-state index contributed by atoms with van der Waals surface area (Å²) in [7, 11) is 1.66. The average Bonchev–Trinajstić information content (AvgIpc) is 3.25. The van der Waals surface area contributed by atoms with E-state index in [1.807, 2.05) is 23.6 Å². The Labute approximate surface area is 203 Å². The fourth-order valence-corrected chi connectivity index (χ4v) is 6.22. The Morgan fingerprint density at radius 3 is 2.74 bits per heavy atom. The number of likely N-dealkylation sites (tertiary alicyclic amines) is 1. The number of nitrogens with zero attached hydrogens (tertiary/aromatic N) is 6. The number of ether oxygens (including phenoxy) is 1. The topological polar surface area (TPSA) is 84.2 Å². The van der Waals surface area contributed by atoms with Gasteiger partial charge in [-0.2, -0.15) is 10.2 Å². The van der Waals surface area contributed by atoms with Gasteiger partial charge in [0, 0.05) is 34.9 Å². The lowest BCUT2D eigenvalue weighted by atomic mass is 9.95. The molecule has 2 fully saturated rings. The number of aromatic amines is 1. The Morgan fingerprint density at radius 1 is 1.18 bits per heavy atom. The van der Waals surface area contributed by atoms with E-state index in [0.29, 0.717) is 17.3 Å². The van der Waals surface area contributed by atoms with Crippen molar-refractivity contribution >= 4 is 17.0 Å². The highest BCUT2D eigenvalue weighted by Crippen LogP contribution is 2.41. The summed E-state index contributed by atoms with van der Waals surface area (Å²) in [6.45, 7) is 8.13. The fraction of sp³-hybridized carbons (Fsp3) is 0.520. The molecule has 1 aliphatic heterocycles. The molecule has 9 heteroatoms. The number of aromatic nitrogens is 6. The van der Waals surface area contributed by atoms with Crippen LogP contribution in [-0.2, 0) is 0 Å². The van der Waals surface area contributed by atoms with Crippen LogP contribution >= 0.6 is 11.3 Å². The molecule has 0 spiro atoms. The van der Waals surface area contributed by atoms with E-state index in [4.69, 9.17) is 14.8 Å². The average molecular weight is 478 g/mol. The molecule has 178 valence electrons. The molecule has 4 aromatic heterocycles. The maximum Gasteiger partial charge on any atom is 0.197 e. The third-order valence-electron chi connectivity index (χ3n) is 7.16. The van der Waals surface area contributed by atoms with E-state index in [0.717, 1.165) is 27.9 Å². The van der Waals surface area contributed by atoms with Gasteiger partial charge in [0.25, 0.3) is 0 Å². The van der Waals surface area contributed by atoms with Crippen molar-refractivity contribution < 1.29 is 4.74 Å². The van der Waals surface area contributed by atoms with Gasteiger partial charge in [-0.05, 0) is 62.6 Å². The van der Waals surface area contributed by atoms with Gasteiger partial charge in [-0.1, -0.05) is 13.8 Å². The van der Waals surface area contributed by atoms with Crippen LogP contribution in [0.15, 0.2) is 24.8 Å². The summed E-state index contributed by atoms with van der Waals surface area (Å²) in [5.41, 5.74) is 4.76.